The van der Waals surface area contributed by atoms with Gasteiger partial charge in [-0.15, -0.1) is 6.58 Å². The molecule has 1 saturated carbocycles. The third-order valence-corrected chi connectivity index (χ3v) is 5.24. The van der Waals surface area contributed by atoms with Gasteiger partial charge in [-0.25, -0.2) is 0 Å². The molecule has 0 amide bonds. The van der Waals surface area contributed by atoms with Crippen molar-refractivity contribution in [3.63, 3.8) is 0 Å². The van der Waals surface area contributed by atoms with Crippen LogP contribution in [0.15, 0.2) is 12.7 Å². The van der Waals surface area contributed by atoms with E-state index in [0.717, 1.165) is 25.9 Å². The smallest absolute Gasteiger partial charge is 0.169 e. The summed E-state index contributed by atoms with van der Waals surface area (Å²) in [5, 5.41) is 0. The van der Waals surface area contributed by atoms with Gasteiger partial charge in [0.2, 0.25) is 0 Å². The summed E-state index contributed by atoms with van der Waals surface area (Å²) >= 11 is 0. The summed E-state index contributed by atoms with van der Waals surface area (Å²) in [7, 11) is 1.63. The van der Waals surface area contributed by atoms with Crippen molar-refractivity contribution in [2.75, 3.05) is 40.3 Å². The van der Waals surface area contributed by atoms with Gasteiger partial charge in [0.1, 0.15) is 12.4 Å². The monoisotopic (exact) mass is 298 g/mol. The van der Waals surface area contributed by atoms with Gasteiger partial charge in [0.05, 0.1) is 26.4 Å². The SMILES string of the molecule is C=C[C@]1(C)CC2(CC[C@H]1[C@]1(COCOC)CO1)OCCO2. The second kappa shape index (κ2) is 5.63. The van der Waals surface area contributed by atoms with E-state index in [1.54, 1.807) is 7.11 Å². The van der Waals surface area contributed by atoms with Crippen LogP contribution in [0.4, 0.5) is 0 Å². The molecule has 5 heteroatoms. The van der Waals surface area contributed by atoms with E-state index in [4.69, 9.17) is 23.7 Å². The molecule has 0 unspecified atom stereocenters. The quantitative estimate of drug-likeness (QED) is 0.325. The largest absolute Gasteiger partial charge is 0.367 e. The first-order valence-electron chi connectivity index (χ1n) is 7.70. The van der Waals surface area contributed by atoms with Crippen molar-refractivity contribution in [2.45, 2.75) is 37.6 Å². The fraction of sp³-hybridized carbons (Fsp3) is 0.875. The molecule has 1 aliphatic carbocycles. The lowest BCUT2D eigenvalue weighted by molar-refractivity contribution is -0.211. The summed E-state index contributed by atoms with van der Waals surface area (Å²) < 4.78 is 28.2. The minimum Gasteiger partial charge on any atom is -0.367 e. The van der Waals surface area contributed by atoms with E-state index in [9.17, 15) is 0 Å². The highest BCUT2D eigenvalue weighted by atomic mass is 16.7. The highest BCUT2D eigenvalue weighted by molar-refractivity contribution is 5.13. The molecule has 2 saturated heterocycles. The van der Waals surface area contributed by atoms with Gasteiger partial charge in [-0.2, -0.15) is 0 Å². The molecule has 1 spiro atoms. The van der Waals surface area contributed by atoms with Crippen LogP contribution in [-0.2, 0) is 23.7 Å². The molecule has 2 heterocycles. The summed E-state index contributed by atoms with van der Waals surface area (Å²) in [5.41, 5.74) is -0.267. The van der Waals surface area contributed by atoms with E-state index < -0.39 is 5.79 Å². The molecule has 0 N–H and O–H groups in total. The maximum Gasteiger partial charge on any atom is 0.169 e. The molecular formula is C16H26O5. The predicted molar refractivity (Wildman–Crippen MR) is 76.8 cm³/mol. The molecule has 3 aliphatic rings. The molecule has 0 bridgehead atoms. The molecule has 3 atom stereocenters. The summed E-state index contributed by atoms with van der Waals surface area (Å²) in [6.45, 7) is 9.31. The van der Waals surface area contributed by atoms with Crippen LogP contribution in [0.3, 0.4) is 0 Å². The number of ether oxygens (including phenoxy) is 5. The Balaban J connectivity index is 1.72. The van der Waals surface area contributed by atoms with Crippen molar-refractivity contribution in [1.82, 2.24) is 0 Å². The van der Waals surface area contributed by atoms with Gasteiger partial charge in [0.25, 0.3) is 0 Å². The average Bonchev–Trinajstić information content (AvgIpc) is 3.12. The third kappa shape index (κ3) is 2.78. The zero-order valence-corrected chi connectivity index (χ0v) is 13.1. The first-order valence-corrected chi connectivity index (χ1v) is 7.70. The number of hydrogen-bond acceptors (Lipinski definition) is 5. The van der Waals surface area contributed by atoms with Gasteiger partial charge >= 0.3 is 0 Å². The molecule has 21 heavy (non-hydrogen) atoms. The van der Waals surface area contributed by atoms with Crippen LogP contribution in [0.2, 0.25) is 0 Å². The molecule has 3 rings (SSSR count). The van der Waals surface area contributed by atoms with Gasteiger partial charge in [0.15, 0.2) is 5.79 Å². The van der Waals surface area contributed by atoms with Gasteiger partial charge < -0.3 is 23.7 Å². The molecule has 3 fully saturated rings. The summed E-state index contributed by atoms with van der Waals surface area (Å²) in [4.78, 5) is 0. The van der Waals surface area contributed by atoms with E-state index in [1.165, 1.54) is 0 Å². The number of hydrogen-bond donors (Lipinski definition) is 0. The second-order valence-electron chi connectivity index (χ2n) is 6.69. The first-order chi connectivity index (χ1) is 10.1. The fourth-order valence-electron chi connectivity index (χ4n) is 4.08. The second-order valence-corrected chi connectivity index (χ2v) is 6.69. The van der Waals surface area contributed by atoms with Crippen molar-refractivity contribution in [2.24, 2.45) is 11.3 Å². The zero-order chi connectivity index (χ0) is 15.0. The van der Waals surface area contributed by atoms with Crippen LogP contribution < -0.4 is 0 Å². The molecule has 5 nitrogen and oxygen atoms in total. The Bertz CT molecular complexity index is 386. The Morgan fingerprint density at radius 3 is 2.57 bits per heavy atom. The number of allylic oxidation sites excluding steroid dienone is 1. The highest BCUT2D eigenvalue weighted by Crippen LogP contribution is 2.57. The summed E-state index contributed by atoms with van der Waals surface area (Å²) in [6.07, 6.45) is 4.79. The van der Waals surface area contributed by atoms with Crippen molar-refractivity contribution in [3.8, 4) is 0 Å². The first kappa shape index (κ1) is 15.4. The lowest BCUT2D eigenvalue weighted by atomic mass is 9.61. The third-order valence-electron chi connectivity index (χ3n) is 5.24. The maximum absolute atomic E-state index is 5.90. The van der Waals surface area contributed by atoms with Gasteiger partial charge in [-0.1, -0.05) is 13.0 Å². The fourth-order valence-corrected chi connectivity index (χ4v) is 4.08. The Kier molecular flexibility index (Phi) is 4.14. The van der Waals surface area contributed by atoms with Crippen LogP contribution in [-0.4, -0.2) is 51.7 Å². The molecular weight excluding hydrogens is 272 g/mol. The Labute approximate surface area is 126 Å². The molecule has 0 aromatic carbocycles. The van der Waals surface area contributed by atoms with Crippen molar-refractivity contribution in [3.05, 3.63) is 12.7 Å². The van der Waals surface area contributed by atoms with Crippen LogP contribution >= 0.6 is 0 Å². The van der Waals surface area contributed by atoms with Gasteiger partial charge in [0, 0.05) is 25.9 Å². The van der Waals surface area contributed by atoms with E-state index in [2.05, 4.69) is 13.5 Å². The lowest BCUT2D eigenvalue weighted by Crippen LogP contribution is -2.50. The topological polar surface area (TPSA) is 49.5 Å². The average molecular weight is 298 g/mol. The molecule has 0 aromatic rings. The van der Waals surface area contributed by atoms with Crippen molar-refractivity contribution in [1.29, 1.82) is 0 Å². The minimum absolute atomic E-state index is 0.0739. The lowest BCUT2D eigenvalue weighted by Gasteiger charge is -2.48. The standard InChI is InChI=1S/C16H26O5/c1-4-14(2)9-16(19-7-8-20-16)6-5-13(14)15(11-21-15)10-18-12-17-3/h4,13H,1,5-12H2,2-3H3/t13-,14-,15+/m1/s1. The Hall–Kier alpha value is -0.460. The Morgan fingerprint density at radius 1 is 1.29 bits per heavy atom. The highest BCUT2D eigenvalue weighted by Gasteiger charge is 2.61. The number of epoxide rings is 1. The minimum atomic E-state index is -0.414. The number of rotatable bonds is 6. The van der Waals surface area contributed by atoms with Crippen molar-refractivity contribution >= 4 is 0 Å². The van der Waals surface area contributed by atoms with Gasteiger partial charge in [-0.3, -0.25) is 0 Å². The predicted octanol–water partition coefficient (Wildman–Crippen LogP) is 2.11. The van der Waals surface area contributed by atoms with E-state index >= 15 is 0 Å². The molecule has 0 aromatic heterocycles. The molecule has 2 aliphatic heterocycles. The summed E-state index contributed by atoms with van der Waals surface area (Å²) in [5.74, 6) is -0.0408. The van der Waals surface area contributed by atoms with Crippen LogP contribution in [0.1, 0.15) is 26.2 Å². The zero-order valence-electron chi connectivity index (χ0n) is 13.1. The molecule has 120 valence electrons. The van der Waals surface area contributed by atoms with E-state index in [-0.39, 0.29) is 11.0 Å². The summed E-state index contributed by atoms with van der Waals surface area (Å²) in [6, 6.07) is 0. The van der Waals surface area contributed by atoms with E-state index in [0.29, 0.717) is 32.5 Å². The van der Waals surface area contributed by atoms with Crippen LogP contribution in [0.5, 0.6) is 0 Å². The molecule has 0 radical (unpaired) electrons. The number of methoxy groups -OCH3 is 1. The van der Waals surface area contributed by atoms with Crippen LogP contribution in [0.25, 0.3) is 0 Å². The van der Waals surface area contributed by atoms with E-state index in [1.807, 2.05) is 6.08 Å². The Morgan fingerprint density at radius 2 is 2.00 bits per heavy atom. The van der Waals surface area contributed by atoms with Gasteiger partial charge in [-0.05, 0) is 11.8 Å². The van der Waals surface area contributed by atoms with Crippen molar-refractivity contribution < 1.29 is 23.7 Å². The normalized spacial score (nSPS) is 41.3. The van der Waals surface area contributed by atoms with Crippen LogP contribution in [0, 0.1) is 11.3 Å². The maximum atomic E-state index is 5.90.